The van der Waals surface area contributed by atoms with Crippen LogP contribution in [0.25, 0.3) is 0 Å². The van der Waals surface area contributed by atoms with Gasteiger partial charge >= 0.3 is 0 Å². The average Bonchev–Trinajstić information content (AvgIpc) is 2.95. The van der Waals surface area contributed by atoms with Gasteiger partial charge in [0.1, 0.15) is 0 Å². The Kier molecular flexibility index (Phi) is 6.18. The van der Waals surface area contributed by atoms with E-state index in [1.165, 1.54) is 29.7 Å². The largest absolute Gasteiger partial charge is 0.342 e. The molecule has 0 aromatic heterocycles. The van der Waals surface area contributed by atoms with Crippen molar-refractivity contribution >= 4 is 30.1 Å². The van der Waals surface area contributed by atoms with Gasteiger partial charge in [-0.1, -0.05) is 17.7 Å². The monoisotopic (exact) mass is 340 g/mol. The van der Waals surface area contributed by atoms with Crippen LogP contribution >= 0.6 is 24.2 Å². The second-order valence-electron chi connectivity index (χ2n) is 6.41. The predicted octanol–water partition coefficient (Wildman–Crippen LogP) is 3.11. The van der Waals surface area contributed by atoms with E-state index in [4.69, 9.17) is 0 Å². The number of likely N-dealkylation sites (tertiary alicyclic amines) is 1. The van der Waals surface area contributed by atoms with Gasteiger partial charge in [-0.05, 0) is 50.3 Å². The molecule has 5 heteroatoms. The van der Waals surface area contributed by atoms with E-state index in [1.807, 2.05) is 0 Å². The second kappa shape index (κ2) is 7.71. The van der Waals surface area contributed by atoms with Crippen molar-refractivity contribution in [3.8, 4) is 0 Å². The highest BCUT2D eigenvalue weighted by Crippen LogP contribution is 2.37. The Balaban J connectivity index is 0.00000176. The number of amides is 1. The van der Waals surface area contributed by atoms with Crippen LogP contribution in [0.15, 0.2) is 29.2 Å². The highest BCUT2D eigenvalue weighted by atomic mass is 35.5. The molecule has 1 aromatic rings. The number of nitrogens with zero attached hydrogens (tertiary/aromatic N) is 1. The van der Waals surface area contributed by atoms with Gasteiger partial charge in [-0.15, -0.1) is 24.2 Å². The number of carbonyl (C=O) groups is 1. The van der Waals surface area contributed by atoms with E-state index in [0.29, 0.717) is 17.1 Å². The summed E-state index contributed by atoms with van der Waals surface area (Å²) in [6, 6.07) is 8.40. The summed E-state index contributed by atoms with van der Waals surface area (Å²) in [7, 11) is 0. The molecule has 122 valence electrons. The first kappa shape index (κ1) is 17.6. The lowest BCUT2D eigenvalue weighted by molar-refractivity contribution is -0.130. The van der Waals surface area contributed by atoms with Gasteiger partial charge in [0.25, 0.3) is 0 Å². The summed E-state index contributed by atoms with van der Waals surface area (Å²) in [5.41, 5.74) is 1.75. The summed E-state index contributed by atoms with van der Waals surface area (Å²) in [6.45, 7) is 6.26. The fourth-order valence-corrected chi connectivity index (χ4v) is 4.12. The minimum Gasteiger partial charge on any atom is -0.342 e. The van der Waals surface area contributed by atoms with Crippen molar-refractivity contribution in [3.63, 3.8) is 0 Å². The van der Waals surface area contributed by atoms with Crippen LogP contribution in [-0.4, -0.2) is 42.7 Å². The normalized spacial score (nSPS) is 20.0. The van der Waals surface area contributed by atoms with E-state index in [9.17, 15) is 4.79 Å². The zero-order valence-electron chi connectivity index (χ0n) is 13.1. The minimum atomic E-state index is 0. The molecule has 1 spiro atoms. The molecule has 1 N–H and O–H groups in total. The summed E-state index contributed by atoms with van der Waals surface area (Å²) in [5, 5.41) is 3.47. The van der Waals surface area contributed by atoms with Crippen LogP contribution in [0.2, 0.25) is 0 Å². The first-order valence-corrected chi connectivity index (χ1v) is 8.83. The van der Waals surface area contributed by atoms with Gasteiger partial charge in [0.05, 0.1) is 5.75 Å². The smallest absolute Gasteiger partial charge is 0.232 e. The maximum absolute atomic E-state index is 12.3. The topological polar surface area (TPSA) is 32.3 Å². The van der Waals surface area contributed by atoms with Crippen molar-refractivity contribution in [1.82, 2.24) is 10.2 Å². The molecule has 2 saturated heterocycles. The van der Waals surface area contributed by atoms with E-state index in [0.717, 1.165) is 26.2 Å². The number of nitrogens with one attached hydrogen (secondary N) is 1. The number of halogens is 1. The molecule has 2 aliphatic rings. The molecular formula is C17H25ClN2OS. The third kappa shape index (κ3) is 4.18. The van der Waals surface area contributed by atoms with Gasteiger partial charge in [-0.25, -0.2) is 0 Å². The molecule has 0 unspecified atom stereocenters. The van der Waals surface area contributed by atoms with Crippen molar-refractivity contribution in [1.29, 1.82) is 0 Å². The van der Waals surface area contributed by atoms with Gasteiger partial charge in [0.15, 0.2) is 0 Å². The Morgan fingerprint density at radius 1 is 1.23 bits per heavy atom. The zero-order valence-corrected chi connectivity index (χ0v) is 14.8. The predicted molar refractivity (Wildman–Crippen MR) is 94.9 cm³/mol. The first-order valence-electron chi connectivity index (χ1n) is 7.85. The van der Waals surface area contributed by atoms with E-state index >= 15 is 0 Å². The maximum Gasteiger partial charge on any atom is 0.232 e. The van der Waals surface area contributed by atoms with Crippen LogP contribution in [0.4, 0.5) is 0 Å². The third-order valence-corrected chi connectivity index (χ3v) is 5.89. The molecule has 2 heterocycles. The fraction of sp³-hybridized carbons (Fsp3) is 0.588. The quantitative estimate of drug-likeness (QED) is 0.858. The zero-order chi connectivity index (χ0) is 14.7. The SMILES string of the molecule is Cc1ccc(SCC(=O)N2CCC3(CCNC3)CC2)cc1.Cl. The molecule has 1 aromatic carbocycles. The molecule has 0 aliphatic carbocycles. The lowest BCUT2D eigenvalue weighted by Crippen LogP contribution is -2.44. The van der Waals surface area contributed by atoms with Crippen molar-refractivity contribution in [2.45, 2.75) is 31.1 Å². The number of hydrogen-bond donors (Lipinski definition) is 1. The van der Waals surface area contributed by atoms with Crippen LogP contribution in [-0.2, 0) is 4.79 Å². The van der Waals surface area contributed by atoms with Crippen LogP contribution in [0.3, 0.4) is 0 Å². The molecule has 0 radical (unpaired) electrons. The highest BCUT2D eigenvalue weighted by molar-refractivity contribution is 8.00. The summed E-state index contributed by atoms with van der Waals surface area (Å²) in [5.74, 6) is 0.857. The van der Waals surface area contributed by atoms with Crippen LogP contribution in [0, 0.1) is 12.3 Å². The van der Waals surface area contributed by atoms with E-state index in [2.05, 4.69) is 41.4 Å². The number of aryl methyl sites for hydroxylation is 1. The molecule has 1 amide bonds. The summed E-state index contributed by atoms with van der Waals surface area (Å²) < 4.78 is 0. The lowest BCUT2D eigenvalue weighted by atomic mass is 9.78. The maximum atomic E-state index is 12.3. The first-order chi connectivity index (χ1) is 10.2. The average molecular weight is 341 g/mol. The molecule has 2 fully saturated rings. The Bertz CT molecular complexity index is 490. The van der Waals surface area contributed by atoms with Crippen LogP contribution in [0.1, 0.15) is 24.8 Å². The fourth-order valence-electron chi connectivity index (χ4n) is 3.32. The van der Waals surface area contributed by atoms with Crippen molar-refractivity contribution in [3.05, 3.63) is 29.8 Å². The summed E-state index contributed by atoms with van der Waals surface area (Å²) >= 11 is 1.65. The standard InChI is InChI=1S/C17H24N2OS.ClH/c1-14-2-4-15(5-3-14)21-12-16(20)19-10-7-17(8-11-19)6-9-18-13-17;/h2-5,18H,6-13H2,1H3;1H. The molecule has 0 bridgehead atoms. The Hall–Kier alpha value is -0.710. The van der Waals surface area contributed by atoms with Gasteiger partial charge in [0.2, 0.25) is 5.91 Å². The van der Waals surface area contributed by atoms with Gasteiger partial charge in [0, 0.05) is 24.5 Å². The molecule has 0 saturated carbocycles. The number of hydrogen-bond acceptors (Lipinski definition) is 3. The number of rotatable bonds is 3. The highest BCUT2D eigenvalue weighted by Gasteiger charge is 2.37. The number of benzene rings is 1. The molecule has 0 atom stereocenters. The van der Waals surface area contributed by atoms with Crippen molar-refractivity contribution < 1.29 is 4.79 Å². The number of piperidine rings is 1. The minimum absolute atomic E-state index is 0. The van der Waals surface area contributed by atoms with Gasteiger partial charge < -0.3 is 10.2 Å². The van der Waals surface area contributed by atoms with E-state index in [-0.39, 0.29) is 12.4 Å². The molecule has 3 nitrogen and oxygen atoms in total. The molecular weight excluding hydrogens is 316 g/mol. The van der Waals surface area contributed by atoms with Crippen molar-refractivity contribution in [2.24, 2.45) is 5.41 Å². The molecule has 3 rings (SSSR count). The number of carbonyl (C=O) groups excluding carboxylic acids is 1. The van der Waals surface area contributed by atoms with Gasteiger partial charge in [-0.2, -0.15) is 0 Å². The second-order valence-corrected chi connectivity index (χ2v) is 7.46. The van der Waals surface area contributed by atoms with E-state index in [1.54, 1.807) is 11.8 Å². The Labute approximate surface area is 143 Å². The van der Waals surface area contributed by atoms with Crippen LogP contribution < -0.4 is 5.32 Å². The van der Waals surface area contributed by atoms with E-state index < -0.39 is 0 Å². The summed E-state index contributed by atoms with van der Waals surface area (Å²) in [4.78, 5) is 15.6. The molecule has 2 aliphatic heterocycles. The Morgan fingerprint density at radius 2 is 1.91 bits per heavy atom. The van der Waals surface area contributed by atoms with Crippen molar-refractivity contribution in [2.75, 3.05) is 31.9 Å². The summed E-state index contributed by atoms with van der Waals surface area (Å²) in [6.07, 6.45) is 3.62. The lowest BCUT2D eigenvalue weighted by Gasteiger charge is -2.38. The number of thioether (sulfide) groups is 1. The van der Waals surface area contributed by atoms with Gasteiger partial charge in [-0.3, -0.25) is 4.79 Å². The third-order valence-electron chi connectivity index (χ3n) is 4.89. The van der Waals surface area contributed by atoms with Crippen LogP contribution in [0.5, 0.6) is 0 Å². The molecule has 22 heavy (non-hydrogen) atoms. The Morgan fingerprint density at radius 3 is 2.50 bits per heavy atom.